The maximum atomic E-state index is 4.59. The van der Waals surface area contributed by atoms with Gasteiger partial charge >= 0.3 is 0 Å². The molecule has 23 heavy (non-hydrogen) atoms. The van der Waals surface area contributed by atoms with Gasteiger partial charge < -0.3 is 4.90 Å². The molecule has 2 aromatic carbocycles. The highest BCUT2D eigenvalue weighted by Crippen LogP contribution is 2.31. The van der Waals surface area contributed by atoms with Gasteiger partial charge in [0.25, 0.3) is 0 Å². The van der Waals surface area contributed by atoms with Crippen LogP contribution in [0.1, 0.15) is 30.0 Å². The van der Waals surface area contributed by atoms with E-state index in [2.05, 4.69) is 69.7 Å². The third-order valence-corrected chi connectivity index (χ3v) is 5.03. The van der Waals surface area contributed by atoms with E-state index >= 15 is 0 Å². The first-order valence-electron chi connectivity index (χ1n) is 8.59. The minimum Gasteiger partial charge on any atom is -0.303 e. The Bertz CT molecular complexity index is 755. The molecule has 1 saturated heterocycles. The lowest BCUT2D eigenvalue weighted by molar-refractivity contribution is 0.213. The first-order valence-corrected chi connectivity index (χ1v) is 8.59. The highest BCUT2D eigenvalue weighted by molar-refractivity contribution is 5.81. The minimum absolute atomic E-state index is 0.596. The molecule has 0 saturated carbocycles. The zero-order valence-corrected chi connectivity index (χ0v) is 13.4. The number of likely N-dealkylation sites (tertiary alicyclic amines) is 1. The molecule has 3 aromatic rings. The summed E-state index contributed by atoms with van der Waals surface area (Å²) in [6, 6.07) is 19.3. The maximum absolute atomic E-state index is 4.59. The van der Waals surface area contributed by atoms with Gasteiger partial charge in [0, 0.05) is 17.8 Å². The van der Waals surface area contributed by atoms with Crippen LogP contribution >= 0.6 is 0 Å². The lowest BCUT2D eigenvalue weighted by atomic mass is 9.91. The van der Waals surface area contributed by atoms with E-state index < -0.39 is 0 Å². The summed E-state index contributed by atoms with van der Waals surface area (Å²) < 4.78 is 0. The van der Waals surface area contributed by atoms with Gasteiger partial charge in [-0.3, -0.25) is 5.10 Å². The van der Waals surface area contributed by atoms with Crippen molar-refractivity contribution in [3.8, 4) is 0 Å². The normalized spacial score (nSPS) is 16.9. The number of aromatic nitrogens is 2. The first-order chi connectivity index (χ1) is 11.4. The lowest BCUT2D eigenvalue weighted by Gasteiger charge is -2.31. The van der Waals surface area contributed by atoms with Crippen LogP contribution in [0.2, 0.25) is 0 Å². The van der Waals surface area contributed by atoms with E-state index in [0.717, 1.165) is 18.5 Å². The molecular formula is C20H23N3. The van der Waals surface area contributed by atoms with E-state index in [0.29, 0.717) is 5.92 Å². The number of nitrogens with one attached hydrogen (secondary N) is 1. The summed E-state index contributed by atoms with van der Waals surface area (Å²) in [5, 5.41) is 9.07. The molecule has 0 amide bonds. The number of piperidine rings is 1. The van der Waals surface area contributed by atoms with Crippen molar-refractivity contribution >= 4 is 10.9 Å². The summed E-state index contributed by atoms with van der Waals surface area (Å²) in [7, 11) is 0. The molecule has 0 radical (unpaired) electrons. The van der Waals surface area contributed by atoms with Crippen molar-refractivity contribution in [3.63, 3.8) is 0 Å². The van der Waals surface area contributed by atoms with Gasteiger partial charge in [-0.2, -0.15) is 5.10 Å². The number of aromatic amines is 1. The third kappa shape index (κ3) is 3.15. The summed E-state index contributed by atoms with van der Waals surface area (Å²) in [4.78, 5) is 2.60. The highest BCUT2D eigenvalue weighted by Gasteiger charge is 2.23. The van der Waals surface area contributed by atoms with Gasteiger partial charge in [-0.1, -0.05) is 48.5 Å². The van der Waals surface area contributed by atoms with E-state index in [4.69, 9.17) is 0 Å². The summed E-state index contributed by atoms with van der Waals surface area (Å²) in [6.07, 6.45) is 3.57. The largest absolute Gasteiger partial charge is 0.303 e. The second-order valence-electron chi connectivity index (χ2n) is 6.51. The van der Waals surface area contributed by atoms with Gasteiger partial charge in [0.1, 0.15) is 0 Å². The summed E-state index contributed by atoms with van der Waals surface area (Å²) >= 11 is 0. The van der Waals surface area contributed by atoms with Gasteiger partial charge in [-0.25, -0.2) is 0 Å². The van der Waals surface area contributed by atoms with Crippen LogP contribution in [0.3, 0.4) is 0 Å². The number of nitrogens with zero attached hydrogens (tertiary/aromatic N) is 2. The van der Waals surface area contributed by atoms with E-state index in [-0.39, 0.29) is 0 Å². The number of rotatable bonds is 4. The van der Waals surface area contributed by atoms with Crippen LogP contribution in [-0.2, 0) is 6.42 Å². The SMILES string of the molecule is c1ccc(CCN2CCC(c3n[nH]c4ccccc34)CC2)cc1. The van der Waals surface area contributed by atoms with Crippen LogP contribution in [0.25, 0.3) is 10.9 Å². The number of fused-ring (bicyclic) bond motifs is 1. The molecule has 0 aliphatic carbocycles. The van der Waals surface area contributed by atoms with E-state index in [1.165, 1.54) is 42.6 Å². The second-order valence-corrected chi connectivity index (χ2v) is 6.51. The Kier molecular flexibility index (Phi) is 4.12. The van der Waals surface area contributed by atoms with E-state index in [1.807, 2.05) is 0 Å². The topological polar surface area (TPSA) is 31.9 Å². The Balaban J connectivity index is 1.36. The monoisotopic (exact) mass is 305 g/mol. The summed E-state index contributed by atoms with van der Waals surface area (Å²) in [6.45, 7) is 3.52. The molecule has 118 valence electrons. The quantitative estimate of drug-likeness (QED) is 0.790. The molecule has 1 N–H and O–H groups in total. The highest BCUT2D eigenvalue weighted by atomic mass is 15.1. The Hall–Kier alpha value is -2.13. The molecule has 0 unspecified atom stereocenters. The van der Waals surface area contributed by atoms with Crippen molar-refractivity contribution in [2.75, 3.05) is 19.6 Å². The number of H-pyrrole nitrogens is 1. The van der Waals surface area contributed by atoms with Crippen molar-refractivity contribution in [1.29, 1.82) is 0 Å². The average Bonchev–Trinajstić information content (AvgIpc) is 3.05. The summed E-state index contributed by atoms with van der Waals surface area (Å²) in [5.41, 5.74) is 3.87. The predicted molar refractivity (Wildman–Crippen MR) is 94.7 cm³/mol. The Morgan fingerprint density at radius 1 is 0.957 bits per heavy atom. The molecule has 2 heterocycles. The van der Waals surface area contributed by atoms with Gasteiger partial charge in [-0.05, 0) is 44.0 Å². The van der Waals surface area contributed by atoms with Crippen molar-refractivity contribution in [2.45, 2.75) is 25.2 Å². The summed E-state index contributed by atoms with van der Waals surface area (Å²) in [5.74, 6) is 0.596. The smallest absolute Gasteiger partial charge is 0.0732 e. The van der Waals surface area contributed by atoms with Crippen LogP contribution in [0.5, 0.6) is 0 Å². The van der Waals surface area contributed by atoms with Crippen molar-refractivity contribution < 1.29 is 0 Å². The Labute approximate surface area is 137 Å². The maximum Gasteiger partial charge on any atom is 0.0732 e. The molecule has 3 nitrogen and oxygen atoms in total. The number of para-hydroxylation sites is 1. The predicted octanol–water partition coefficient (Wildman–Crippen LogP) is 3.99. The zero-order valence-electron chi connectivity index (χ0n) is 13.4. The first kappa shape index (κ1) is 14.5. The molecular weight excluding hydrogens is 282 g/mol. The molecule has 1 aliphatic rings. The second kappa shape index (κ2) is 6.55. The molecule has 1 aromatic heterocycles. The van der Waals surface area contributed by atoms with Crippen molar-refractivity contribution in [2.24, 2.45) is 0 Å². The molecule has 3 heteroatoms. The molecule has 1 fully saturated rings. The van der Waals surface area contributed by atoms with E-state index in [9.17, 15) is 0 Å². The molecule has 4 rings (SSSR count). The van der Waals surface area contributed by atoms with Crippen LogP contribution in [-0.4, -0.2) is 34.7 Å². The Morgan fingerprint density at radius 2 is 1.70 bits per heavy atom. The standard InChI is InChI=1S/C20H23N3/c1-2-6-16(7-3-1)10-13-23-14-11-17(12-15-23)20-18-8-4-5-9-19(18)21-22-20/h1-9,17H,10-15H2,(H,21,22). The molecule has 1 aliphatic heterocycles. The van der Waals surface area contributed by atoms with Crippen LogP contribution in [0.15, 0.2) is 54.6 Å². The Morgan fingerprint density at radius 3 is 2.52 bits per heavy atom. The van der Waals surface area contributed by atoms with Crippen LogP contribution in [0.4, 0.5) is 0 Å². The minimum atomic E-state index is 0.596. The van der Waals surface area contributed by atoms with Crippen molar-refractivity contribution in [3.05, 3.63) is 65.9 Å². The van der Waals surface area contributed by atoms with E-state index in [1.54, 1.807) is 0 Å². The number of benzene rings is 2. The van der Waals surface area contributed by atoms with Crippen LogP contribution in [0, 0.1) is 0 Å². The third-order valence-electron chi connectivity index (χ3n) is 5.03. The molecule has 0 atom stereocenters. The van der Waals surface area contributed by atoms with Gasteiger partial charge in [0.05, 0.1) is 11.2 Å². The fourth-order valence-electron chi connectivity index (χ4n) is 3.66. The lowest BCUT2D eigenvalue weighted by Crippen LogP contribution is -2.34. The van der Waals surface area contributed by atoms with Gasteiger partial charge in [-0.15, -0.1) is 0 Å². The fourth-order valence-corrected chi connectivity index (χ4v) is 3.66. The zero-order chi connectivity index (χ0) is 15.5. The van der Waals surface area contributed by atoms with Gasteiger partial charge in [0.15, 0.2) is 0 Å². The van der Waals surface area contributed by atoms with Gasteiger partial charge in [0.2, 0.25) is 0 Å². The van der Waals surface area contributed by atoms with Crippen molar-refractivity contribution in [1.82, 2.24) is 15.1 Å². The molecule has 0 spiro atoms. The fraction of sp³-hybridized carbons (Fsp3) is 0.350. The number of hydrogen-bond donors (Lipinski definition) is 1. The number of hydrogen-bond acceptors (Lipinski definition) is 2. The van der Waals surface area contributed by atoms with Crippen LogP contribution < -0.4 is 0 Å². The average molecular weight is 305 g/mol. The molecule has 0 bridgehead atoms.